The Morgan fingerprint density at radius 3 is 2.48 bits per heavy atom. The number of likely N-dealkylation sites (tertiary alicyclic amines) is 1. The molecule has 1 aromatic heterocycles. The highest BCUT2D eigenvalue weighted by Crippen LogP contribution is 2.17. The summed E-state index contributed by atoms with van der Waals surface area (Å²) in [4.78, 5) is 27.9. The Morgan fingerprint density at radius 2 is 1.84 bits per heavy atom. The molecule has 162 valence electrons. The average Bonchev–Trinajstić information content (AvgIpc) is 2.81. The molecule has 2 saturated heterocycles. The van der Waals surface area contributed by atoms with Crippen LogP contribution < -0.4 is 10.2 Å². The number of amides is 2. The molecule has 0 radical (unpaired) electrons. The summed E-state index contributed by atoms with van der Waals surface area (Å²) in [6.07, 6.45) is 5.03. The van der Waals surface area contributed by atoms with Crippen LogP contribution in [0, 0.1) is 11.3 Å². The summed E-state index contributed by atoms with van der Waals surface area (Å²) in [5.74, 6) is 0.608. The van der Waals surface area contributed by atoms with Gasteiger partial charge in [0, 0.05) is 51.4 Å². The lowest BCUT2D eigenvalue weighted by Crippen LogP contribution is -2.58. The maximum atomic E-state index is 12.9. The Hall–Kier alpha value is -3.18. The molecular weight excluding hydrogens is 390 g/mol. The van der Waals surface area contributed by atoms with Crippen LogP contribution in [0.2, 0.25) is 0 Å². The van der Waals surface area contributed by atoms with E-state index in [-0.39, 0.29) is 18.1 Å². The van der Waals surface area contributed by atoms with Crippen LogP contribution in [0.1, 0.15) is 30.9 Å². The molecule has 8 nitrogen and oxygen atoms in total. The summed E-state index contributed by atoms with van der Waals surface area (Å²) in [7, 11) is 0. The zero-order valence-corrected chi connectivity index (χ0v) is 17.9. The SMILES string of the molecule is C[C@H]1CN(c2ncc(C#N)cn2)CCN1C(=O)NC1CCN(Cc2ccccc2)CC1. The highest BCUT2D eigenvalue weighted by molar-refractivity contribution is 5.75. The van der Waals surface area contributed by atoms with Crippen LogP contribution in [-0.4, -0.2) is 70.6 Å². The second-order valence-corrected chi connectivity index (χ2v) is 8.36. The van der Waals surface area contributed by atoms with E-state index in [1.807, 2.05) is 17.0 Å². The van der Waals surface area contributed by atoms with Crippen molar-refractivity contribution in [2.45, 2.75) is 38.4 Å². The van der Waals surface area contributed by atoms with Crippen molar-refractivity contribution in [3.8, 4) is 6.07 Å². The molecule has 1 N–H and O–H groups in total. The third-order valence-electron chi connectivity index (χ3n) is 6.10. The number of rotatable bonds is 4. The predicted octanol–water partition coefficient (Wildman–Crippen LogP) is 2.23. The van der Waals surface area contributed by atoms with Crippen LogP contribution in [0.15, 0.2) is 42.7 Å². The molecule has 2 fully saturated rings. The molecule has 1 atom stereocenters. The number of anilines is 1. The van der Waals surface area contributed by atoms with Gasteiger partial charge in [-0.3, -0.25) is 4.90 Å². The molecule has 2 aromatic rings. The van der Waals surface area contributed by atoms with Crippen LogP contribution in [0.3, 0.4) is 0 Å². The number of nitriles is 1. The standard InChI is InChI=1S/C23H29N7O/c1-18-16-29(22-25-14-20(13-24)15-26-22)11-12-30(18)23(31)27-21-7-9-28(10-8-21)17-19-5-3-2-4-6-19/h2-6,14-15,18,21H,7-12,16-17H2,1H3,(H,27,31)/t18-/m0/s1. The molecule has 2 aliphatic heterocycles. The van der Waals surface area contributed by atoms with Crippen LogP contribution >= 0.6 is 0 Å². The van der Waals surface area contributed by atoms with Gasteiger partial charge in [0.2, 0.25) is 5.95 Å². The normalized spacial score (nSPS) is 20.3. The number of aromatic nitrogens is 2. The second kappa shape index (κ2) is 9.75. The monoisotopic (exact) mass is 419 g/mol. The zero-order chi connectivity index (χ0) is 21.6. The van der Waals surface area contributed by atoms with Gasteiger partial charge in [0.05, 0.1) is 18.0 Å². The molecule has 0 bridgehead atoms. The van der Waals surface area contributed by atoms with Gasteiger partial charge in [-0.1, -0.05) is 30.3 Å². The molecule has 0 spiro atoms. The largest absolute Gasteiger partial charge is 0.337 e. The third-order valence-corrected chi connectivity index (χ3v) is 6.10. The van der Waals surface area contributed by atoms with E-state index in [1.54, 1.807) is 0 Å². The number of benzene rings is 1. The van der Waals surface area contributed by atoms with Crippen molar-refractivity contribution in [2.75, 3.05) is 37.6 Å². The van der Waals surface area contributed by atoms with E-state index in [4.69, 9.17) is 5.26 Å². The van der Waals surface area contributed by atoms with Crippen molar-refractivity contribution in [1.29, 1.82) is 5.26 Å². The van der Waals surface area contributed by atoms with Crippen molar-refractivity contribution >= 4 is 12.0 Å². The minimum Gasteiger partial charge on any atom is -0.337 e. The van der Waals surface area contributed by atoms with Crippen LogP contribution in [0.5, 0.6) is 0 Å². The Bertz CT molecular complexity index is 904. The number of piperazine rings is 1. The number of carbonyl (C=O) groups excluding carboxylic acids is 1. The van der Waals surface area contributed by atoms with Crippen LogP contribution in [0.25, 0.3) is 0 Å². The molecule has 31 heavy (non-hydrogen) atoms. The van der Waals surface area contributed by atoms with Gasteiger partial charge in [-0.05, 0) is 25.3 Å². The lowest BCUT2D eigenvalue weighted by Gasteiger charge is -2.41. The van der Waals surface area contributed by atoms with E-state index >= 15 is 0 Å². The first-order valence-electron chi connectivity index (χ1n) is 10.9. The maximum absolute atomic E-state index is 12.9. The summed E-state index contributed by atoms with van der Waals surface area (Å²) >= 11 is 0. The van der Waals surface area contributed by atoms with Gasteiger partial charge in [0.15, 0.2) is 0 Å². The minimum atomic E-state index is 0.0226. The van der Waals surface area contributed by atoms with Gasteiger partial charge in [-0.25, -0.2) is 14.8 Å². The molecule has 0 aliphatic carbocycles. The molecule has 2 aliphatic rings. The predicted molar refractivity (Wildman–Crippen MR) is 118 cm³/mol. The number of piperidine rings is 1. The smallest absolute Gasteiger partial charge is 0.317 e. The van der Waals surface area contributed by atoms with E-state index in [1.165, 1.54) is 18.0 Å². The highest BCUT2D eigenvalue weighted by atomic mass is 16.2. The Morgan fingerprint density at radius 1 is 1.13 bits per heavy atom. The summed E-state index contributed by atoms with van der Waals surface area (Å²) < 4.78 is 0. The van der Waals surface area contributed by atoms with Crippen molar-refractivity contribution < 1.29 is 4.79 Å². The van der Waals surface area contributed by atoms with Gasteiger partial charge in [0.1, 0.15) is 6.07 Å². The summed E-state index contributed by atoms with van der Waals surface area (Å²) in [5, 5.41) is 12.1. The Balaban J connectivity index is 1.23. The Kier molecular flexibility index (Phi) is 6.63. The molecule has 4 rings (SSSR count). The van der Waals surface area contributed by atoms with Gasteiger partial charge in [-0.15, -0.1) is 0 Å². The van der Waals surface area contributed by atoms with Crippen molar-refractivity contribution in [3.63, 3.8) is 0 Å². The molecule has 8 heteroatoms. The van der Waals surface area contributed by atoms with E-state index < -0.39 is 0 Å². The van der Waals surface area contributed by atoms with Crippen molar-refractivity contribution in [1.82, 2.24) is 25.1 Å². The van der Waals surface area contributed by atoms with Gasteiger partial charge < -0.3 is 15.1 Å². The molecule has 0 saturated carbocycles. The van der Waals surface area contributed by atoms with Crippen molar-refractivity contribution in [2.24, 2.45) is 0 Å². The number of nitrogens with zero attached hydrogens (tertiary/aromatic N) is 6. The van der Waals surface area contributed by atoms with Gasteiger partial charge in [-0.2, -0.15) is 5.26 Å². The van der Waals surface area contributed by atoms with Gasteiger partial charge in [0.25, 0.3) is 0 Å². The van der Waals surface area contributed by atoms with E-state index in [0.29, 0.717) is 31.1 Å². The van der Waals surface area contributed by atoms with E-state index in [2.05, 4.69) is 56.3 Å². The van der Waals surface area contributed by atoms with E-state index in [0.717, 1.165) is 32.5 Å². The first kappa shape index (κ1) is 21.1. The minimum absolute atomic E-state index is 0.0226. The number of nitrogens with one attached hydrogen (secondary N) is 1. The van der Waals surface area contributed by atoms with Crippen molar-refractivity contribution in [3.05, 3.63) is 53.9 Å². The fourth-order valence-corrected chi connectivity index (χ4v) is 4.32. The summed E-state index contributed by atoms with van der Waals surface area (Å²) in [6.45, 7) is 7.01. The lowest BCUT2D eigenvalue weighted by atomic mass is 10.0. The van der Waals surface area contributed by atoms with Gasteiger partial charge >= 0.3 is 6.03 Å². The number of hydrogen-bond donors (Lipinski definition) is 1. The lowest BCUT2D eigenvalue weighted by molar-refractivity contribution is 0.152. The number of urea groups is 1. The number of carbonyl (C=O) groups is 1. The topological polar surface area (TPSA) is 88.4 Å². The maximum Gasteiger partial charge on any atom is 0.317 e. The highest BCUT2D eigenvalue weighted by Gasteiger charge is 2.30. The number of hydrogen-bond acceptors (Lipinski definition) is 6. The fourth-order valence-electron chi connectivity index (χ4n) is 4.32. The quantitative estimate of drug-likeness (QED) is 0.818. The molecule has 1 aromatic carbocycles. The first-order valence-corrected chi connectivity index (χ1v) is 10.9. The zero-order valence-electron chi connectivity index (χ0n) is 17.9. The Labute approximate surface area is 183 Å². The van der Waals surface area contributed by atoms with E-state index in [9.17, 15) is 4.79 Å². The molecule has 2 amide bonds. The molecule has 3 heterocycles. The molecular formula is C23H29N7O. The third kappa shape index (κ3) is 5.30. The molecule has 0 unspecified atom stereocenters. The first-order chi connectivity index (χ1) is 15.1. The fraction of sp³-hybridized carbons (Fsp3) is 0.478. The summed E-state index contributed by atoms with van der Waals surface area (Å²) in [5.41, 5.74) is 1.78. The van der Waals surface area contributed by atoms with Crippen LogP contribution in [-0.2, 0) is 6.54 Å². The summed E-state index contributed by atoms with van der Waals surface area (Å²) in [6, 6.07) is 12.9. The second-order valence-electron chi connectivity index (χ2n) is 8.36. The average molecular weight is 420 g/mol. The van der Waals surface area contributed by atoms with Crippen LogP contribution in [0.4, 0.5) is 10.7 Å².